The topological polar surface area (TPSA) is 96.8 Å². The van der Waals surface area contributed by atoms with E-state index < -0.39 is 22.0 Å². The van der Waals surface area contributed by atoms with Crippen molar-refractivity contribution in [1.29, 1.82) is 0 Å². The van der Waals surface area contributed by atoms with Gasteiger partial charge in [-0.25, -0.2) is 8.42 Å². The van der Waals surface area contributed by atoms with E-state index in [2.05, 4.69) is 4.98 Å². The number of aromatic nitrogens is 1. The molecule has 1 aromatic heterocycles. The van der Waals surface area contributed by atoms with Crippen LogP contribution in [0.1, 0.15) is 17.2 Å². The molecular formula is C20H18N2O5S. The fraction of sp³-hybridized carbons (Fsp3) is 0.200. The first-order valence-electron chi connectivity index (χ1n) is 8.69. The van der Waals surface area contributed by atoms with Crippen LogP contribution in [0.4, 0.5) is 0 Å². The zero-order valence-corrected chi connectivity index (χ0v) is 15.9. The molecule has 0 amide bonds. The lowest BCUT2D eigenvalue weighted by Gasteiger charge is -2.34. The molecule has 1 aliphatic rings. The first-order chi connectivity index (χ1) is 13.4. The van der Waals surface area contributed by atoms with Gasteiger partial charge in [-0.2, -0.15) is 4.31 Å². The molecule has 144 valence electrons. The Bertz CT molecular complexity index is 1180. The van der Waals surface area contributed by atoms with Gasteiger partial charge < -0.3 is 9.84 Å². The van der Waals surface area contributed by atoms with Gasteiger partial charge in [0.05, 0.1) is 12.0 Å². The summed E-state index contributed by atoms with van der Waals surface area (Å²) in [4.78, 5) is 16.3. The second-order valence-corrected chi connectivity index (χ2v) is 8.33. The van der Waals surface area contributed by atoms with Gasteiger partial charge >= 0.3 is 5.97 Å². The number of benzene rings is 2. The molecule has 0 bridgehead atoms. The Hall–Kier alpha value is -2.97. The lowest BCUT2D eigenvalue weighted by Crippen LogP contribution is -2.43. The molecule has 1 aliphatic heterocycles. The maximum atomic E-state index is 13.5. The molecular weight excluding hydrogens is 380 g/mol. The fourth-order valence-corrected chi connectivity index (χ4v) is 5.44. The molecule has 0 saturated carbocycles. The molecule has 1 atom stereocenters. The number of sulfonamides is 1. The van der Waals surface area contributed by atoms with Gasteiger partial charge in [-0.1, -0.05) is 36.4 Å². The molecule has 3 aromatic rings. The Kier molecular flexibility index (Phi) is 4.52. The molecule has 28 heavy (non-hydrogen) atoms. The van der Waals surface area contributed by atoms with Crippen LogP contribution in [0.25, 0.3) is 10.9 Å². The van der Waals surface area contributed by atoms with Gasteiger partial charge in [-0.15, -0.1) is 0 Å². The van der Waals surface area contributed by atoms with Gasteiger partial charge in [0.15, 0.2) is 0 Å². The summed E-state index contributed by atoms with van der Waals surface area (Å²) in [5.74, 6) is -0.750. The summed E-state index contributed by atoms with van der Waals surface area (Å²) in [5, 5.41) is 10.2. The normalized spacial score (nSPS) is 17.2. The lowest BCUT2D eigenvalue weighted by atomic mass is 9.94. The first-order valence-corrected chi connectivity index (χ1v) is 10.1. The highest BCUT2D eigenvalue weighted by molar-refractivity contribution is 7.89. The molecule has 0 saturated heterocycles. The minimum absolute atomic E-state index is 0.0158. The number of fused-ring (bicyclic) bond motifs is 2. The van der Waals surface area contributed by atoms with Crippen LogP contribution in [0.2, 0.25) is 0 Å². The Labute approximate surface area is 162 Å². The molecule has 7 nitrogen and oxygen atoms in total. The van der Waals surface area contributed by atoms with E-state index in [0.717, 1.165) is 9.87 Å². The van der Waals surface area contributed by atoms with Gasteiger partial charge in [0, 0.05) is 18.1 Å². The van der Waals surface area contributed by atoms with E-state index in [1.165, 1.54) is 19.4 Å². The number of carboxylic acid groups (broad SMARTS) is 1. The summed E-state index contributed by atoms with van der Waals surface area (Å²) < 4.78 is 33.4. The SMILES string of the molecule is COc1cccc2c(S(=O)(=O)N3CCc4ccccc4[C@H]3C(=O)O)ccnc12. The Morgan fingerprint density at radius 3 is 2.71 bits per heavy atom. The van der Waals surface area contributed by atoms with Crippen LogP contribution in [0.15, 0.2) is 59.6 Å². The molecule has 8 heteroatoms. The van der Waals surface area contributed by atoms with Crippen LogP contribution in [0.5, 0.6) is 5.75 Å². The van der Waals surface area contributed by atoms with E-state index in [1.807, 2.05) is 12.1 Å². The number of ether oxygens (including phenoxy) is 1. The average molecular weight is 398 g/mol. The zero-order chi connectivity index (χ0) is 19.9. The Morgan fingerprint density at radius 2 is 1.96 bits per heavy atom. The molecule has 2 aromatic carbocycles. The maximum Gasteiger partial charge on any atom is 0.326 e. The third kappa shape index (κ3) is 2.81. The van der Waals surface area contributed by atoms with Crippen molar-refractivity contribution in [1.82, 2.24) is 9.29 Å². The number of rotatable bonds is 4. The first kappa shape index (κ1) is 18.4. The van der Waals surface area contributed by atoms with Gasteiger partial charge in [0.1, 0.15) is 17.3 Å². The molecule has 0 radical (unpaired) electrons. The quantitative estimate of drug-likeness (QED) is 0.726. The predicted octanol–water partition coefficient (Wildman–Crippen LogP) is 2.62. The summed E-state index contributed by atoms with van der Waals surface area (Å²) in [5.41, 5.74) is 1.76. The van der Waals surface area contributed by atoms with Crippen LogP contribution in [-0.4, -0.2) is 42.4 Å². The van der Waals surface area contributed by atoms with E-state index in [1.54, 1.807) is 30.3 Å². The highest BCUT2D eigenvalue weighted by atomic mass is 32.2. The molecule has 0 unspecified atom stereocenters. The average Bonchev–Trinajstić information content (AvgIpc) is 2.71. The van der Waals surface area contributed by atoms with Crippen molar-refractivity contribution in [2.45, 2.75) is 17.4 Å². The predicted molar refractivity (Wildman–Crippen MR) is 103 cm³/mol. The van der Waals surface area contributed by atoms with Crippen molar-refractivity contribution in [3.63, 3.8) is 0 Å². The van der Waals surface area contributed by atoms with Crippen LogP contribution in [0.3, 0.4) is 0 Å². The molecule has 1 N–H and O–H groups in total. The molecule has 4 rings (SSSR count). The maximum absolute atomic E-state index is 13.5. The van der Waals surface area contributed by atoms with Crippen LogP contribution < -0.4 is 4.74 Å². The summed E-state index contributed by atoms with van der Waals surface area (Å²) in [6, 6.07) is 12.2. The second kappa shape index (κ2) is 6.88. The van der Waals surface area contributed by atoms with E-state index >= 15 is 0 Å². The Morgan fingerprint density at radius 1 is 1.18 bits per heavy atom. The zero-order valence-electron chi connectivity index (χ0n) is 15.1. The van der Waals surface area contributed by atoms with Crippen LogP contribution >= 0.6 is 0 Å². The van der Waals surface area contributed by atoms with E-state index in [4.69, 9.17) is 4.74 Å². The number of methoxy groups -OCH3 is 1. The van der Waals surface area contributed by atoms with Gasteiger partial charge in [-0.05, 0) is 29.7 Å². The van der Waals surface area contributed by atoms with E-state index in [0.29, 0.717) is 28.6 Å². The van der Waals surface area contributed by atoms with Crippen LogP contribution in [0, 0.1) is 0 Å². The summed E-state index contributed by atoms with van der Waals surface area (Å²) in [6.45, 7) is 0.0874. The van der Waals surface area contributed by atoms with Crippen molar-refractivity contribution in [2.75, 3.05) is 13.7 Å². The minimum atomic E-state index is -4.09. The highest BCUT2D eigenvalue weighted by Crippen LogP contribution is 2.37. The largest absolute Gasteiger partial charge is 0.494 e. The number of para-hydroxylation sites is 1. The Balaban J connectivity index is 1.90. The number of hydrogen-bond acceptors (Lipinski definition) is 5. The minimum Gasteiger partial charge on any atom is -0.494 e. The van der Waals surface area contributed by atoms with Crippen molar-refractivity contribution in [2.24, 2.45) is 0 Å². The highest BCUT2D eigenvalue weighted by Gasteiger charge is 2.41. The molecule has 0 spiro atoms. The monoisotopic (exact) mass is 398 g/mol. The molecule has 0 aliphatic carbocycles. The van der Waals surface area contributed by atoms with Gasteiger partial charge in [-0.3, -0.25) is 9.78 Å². The van der Waals surface area contributed by atoms with Crippen LogP contribution in [-0.2, 0) is 21.2 Å². The molecule has 0 fully saturated rings. The molecule has 2 heterocycles. The number of hydrogen-bond donors (Lipinski definition) is 1. The lowest BCUT2D eigenvalue weighted by molar-refractivity contribution is -0.142. The number of nitrogens with zero attached hydrogens (tertiary/aromatic N) is 2. The smallest absolute Gasteiger partial charge is 0.326 e. The standard InChI is InChI=1S/C20H18N2O5S/c1-27-16-8-4-7-15-17(9-11-21-18(15)16)28(25,26)22-12-10-13-5-2-3-6-14(13)19(22)20(23)24/h2-9,11,19H,10,12H2,1H3,(H,23,24)/t19-/m0/s1. The third-order valence-electron chi connectivity index (χ3n) is 4.97. The van der Waals surface area contributed by atoms with E-state index in [9.17, 15) is 18.3 Å². The van der Waals surface area contributed by atoms with Crippen molar-refractivity contribution in [3.8, 4) is 5.75 Å². The fourth-order valence-electron chi connectivity index (χ4n) is 3.70. The van der Waals surface area contributed by atoms with Gasteiger partial charge in [0.2, 0.25) is 10.0 Å². The number of aliphatic carboxylic acids is 1. The number of pyridine rings is 1. The van der Waals surface area contributed by atoms with Crippen molar-refractivity contribution >= 4 is 26.9 Å². The summed E-state index contributed by atoms with van der Waals surface area (Å²) in [7, 11) is -2.61. The summed E-state index contributed by atoms with van der Waals surface area (Å²) >= 11 is 0. The second-order valence-electron chi connectivity index (χ2n) is 6.47. The third-order valence-corrected chi connectivity index (χ3v) is 6.90. The number of carbonyl (C=O) groups is 1. The summed E-state index contributed by atoms with van der Waals surface area (Å²) in [6.07, 6.45) is 1.84. The number of carboxylic acids is 1. The van der Waals surface area contributed by atoms with Crippen molar-refractivity contribution in [3.05, 3.63) is 65.9 Å². The van der Waals surface area contributed by atoms with Crippen molar-refractivity contribution < 1.29 is 23.1 Å². The van der Waals surface area contributed by atoms with E-state index in [-0.39, 0.29) is 11.4 Å². The van der Waals surface area contributed by atoms with Gasteiger partial charge in [0.25, 0.3) is 0 Å².